The van der Waals surface area contributed by atoms with Gasteiger partial charge < -0.3 is 10.8 Å². The summed E-state index contributed by atoms with van der Waals surface area (Å²) in [4.78, 5) is 25.8. The molecular formula is C14H12N2O3. The monoisotopic (exact) mass is 256 g/mol. The minimum absolute atomic E-state index is 0.0188. The van der Waals surface area contributed by atoms with Crippen molar-refractivity contribution < 1.29 is 14.7 Å². The largest absolute Gasteiger partial charge is 0.481 e. The van der Waals surface area contributed by atoms with E-state index in [9.17, 15) is 9.59 Å². The van der Waals surface area contributed by atoms with Crippen LogP contribution in [-0.4, -0.2) is 22.0 Å². The zero-order valence-corrected chi connectivity index (χ0v) is 10.0. The van der Waals surface area contributed by atoms with E-state index in [2.05, 4.69) is 4.98 Å². The van der Waals surface area contributed by atoms with E-state index in [0.717, 1.165) is 5.56 Å². The van der Waals surface area contributed by atoms with Gasteiger partial charge in [-0.15, -0.1) is 0 Å². The number of hydrogen-bond donors (Lipinski definition) is 2. The second-order valence-electron chi connectivity index (χ2n) is 4.06. The fourth-order valence-corrected chi connectivity index (χ4v) is 1.71. The molecule has 96 valence electrons. The minimum atomic E-state index is -0.874. The molecule has 19 heavy (non-hydrogen) atoms. The summed E-state index contributed by atoms with van der Waals surface area (Å²) in [5, 5.41) is 8.69. The van der Waals surface area contributed by atoms with Crippen molar-refractivity contribution in [3.63, 3.8) is 0 Å². The zero-order valence-electron chi connectivity index (χ0n) is 10.0. The van der Waals surface area contributed by atoms with E-state index in [1.807, 2.05) is 0 Å². The van der Waals surface area contributed by atoms with E-state index in [-0.39, 0.29) is 6.42 Å². The number of primary amides is 1. The molecule has 0 aliphatic heterocycles. The molecule has 2 aromatic rings. The molecule has 1 aromatic heterocycles. The summed E-state index contributed by atoms with van der Waals surface area (Å²) in [6.07, 6.45) is 1.50. The second-order valence-corrected chi connectivity index (χ2v) is 4.06. The highest BCUT2D eigenvalue weighted by Crippen LogP contribution is 2.18. The van der Waals surface area contributed by atoms with Crippen LogP contribution in [-0.2, 0) is 11.2 Å². The number of carbonyl (C=O) groups excluding carboxylic acids is 1. The van der Waals surface area contributed by atoms with E-state index >= 15 is 0 Å². The Kier molecular flexibility index (Phi) is 3.56. The number of nitrogens with two attached hydrogens (primary N) is 1. The Bertz CT molecular complexity index is 621. The van der Waals surface area contributed by atoms with Gasteiger partial charge in [0.2, 0.25) is 5.91 Å². The smallest absolute Gasteiger partial charge is 0.307 e. The maximum absolute atomic E-state index is 11.1. The van der Waals surface area contributed by atoms with Gasteiger partial charge in [0.05, 0.1) is 12.1 Å². The lowest BCUT2D eigenvalue weighted by atomic mass is 10.1. The van der Waals surface area contributed by atoms with Gasteiger partial charge in [0, 0.05) is 17.3 Å². The molecular weight excluding hydrogens is 244 g/mol. The highest BCUT2D eigenvalue weighted by molar-refractivity contribution is 5.93. The third-order valence-electron chi connectivity index (χ3n) is 2.65. The van der Waals surface area contributed by atoms with Gasteiger partial charge >= 0.3 is 5.97 Å². The van der Waals surface area contributed by atoms with Crippen molar-refractivity contribution in [2.24, 2.45) is 5.73 Å². The van der Waals surface area contributed by atoms with Crippen LogP contribution in [0, 0.1) is 0 Å². The Labute approximate surface area is 109 Å². The van der Waals surface area contributed by atoms with Gasteiger partial charge in [-0.25, -0.2) is 0 Å². The van der Waals surface area contributed by atoms with Crippen LogP contribution >= 0.6 is 0 Å². The van der Waals surface area contributed by atoms with Crippen LogP contribution in [0.3, 0.4) is 0 Å². The number of rotatable bonds is 4. The molecule has 1 heterocycles. The predicted octanol–water partition coefficient (Wildman–Crippen LogP) is 1.47. The van der Waals surface area contributed by atoms with Crippen molar-refractivity contribution in [1.29, 1.82) is 0 Å². The summed E-state index contributed by atoms with van der Waals surface area (Å²) in [6, 6.07) is 10.1. The lowest BCUT2D eigenvalue weighted by Crippen LogP contribution is -2.10. The summed E-state index contributed by atoms with van der Waals surface area (Å²) < 4.78 is 0. The maximum Gasteiger partial charge on any atom is 0.307 e. The second kappa shape index (κ2) is 5.30. The van der Waals surface area contributed by atoms with Crippen LogP contribution in [0.15, 0.2) is 42.6 Å². The SMILES string of the molecule is NC(=O)c1ccnc(-c2ccc(CC(=O)O)cc2)c1. The van der Waals surface area contributed by atoms with Crippen LogP contribution in [0.5, 0.6) is 0 Å². The molecule has 0 radical (unpaired) electrons. The highest BCUT2D eigenvalue weighted by Gasteiger charge is 2.05. The molecule has 0 unspecified atom stereocenters. The molecule has 0 bridgehead atoms. The molecule has 0 saturated carbocycles. The van der Waals surface area contributed by atoms with Crippen LogP contribution in [0.4, 0.5) is 0 Å². The van der Waals surface area contributed by atoms with E-state index in [4.69, 9.17) is 10.8 Å². The first-order valence-electron chi connectivity index (χ1n) is 5.63. The van der Waals surface area contributed by atoms with Gasteiger partial charge in [-0.05, 0) is 17.7 Å². The molecule has 5 heteroatoms. The summed E-state index contributed by atoms with van der Waals surface area (Å²) in [6.45, 7) is 0. The molecule has 0 saturated heterocycles. The number of aromatic nitrogens is 1. The molecule has 3 N–H and O–H groups in total. The lowest BCUT2D eigenvalue weighted by molar-refractivity contribution is -0.136. The van der Waals surface area contributed by atoms with Crippen molar-refractivity contribution in [2.75, 3.05) is 0 Å². The van der Waals surface area contributed by atoms with Crippen LogP contribution in [0.25, 0.3) is 11.3 Å². The van der Waals surface area contributed by atoms with Crippen LogP contribution in [0.2, 0.25) is 0 Å². The number of carboxylic acid groups (broad SMARTS) is 1. The Morgan fingerprint density at radius 1 is 1.16 bits per heavy atom. The van der Waals surface area contributed by atoms with Crippen molar-refractivity contribution in [3.05, 3.63) is 53.7 Å². The van der Waals surface area contributed by atoms with Crippen molar-refractivity contribution >= 4 is 11.9 Å². The van der Waals surface area contributed by atoms with Crippen LogP contribution < -0.4 is 5.73 Å². The number of carboxylic acids is 1. The molecule has 0 atom stereocenters. The molecule has 0 fully saturated rings. The fraction of sp³-hybridized carbons (Fsp3) is 0.0714. The van der Waals surface area contributed by atoms with E-state index in [0.29, 0.717) is 16.8 Å². The summed E-state index contributed by atoms with van der Waals surface area (Å²) in [5.74, 6) is -1.38. The quantitative estimate of drug-likeness (QED) is 0.866. The van der Waals surface area contributed by atoms with Gasteiger partial charge in [0.15, 0.2) is 0 Å². The summed E-state index contributed by atoms with van der Waals surface area (Å²) in [5.41, 5.74) is 7.73. The van der Waals surface area contributed by atoms with Gasteiger partial charge in [-0.3, -0.25) is 14.6 Å². The normalized spacial score (nSPS) is 10.1. The number of carbonyl (C=O) groups is 2. The molecule has 5 nitrogen and oxygen atoms in total. The van der Waals surface area contributed by atoms with Crippen molar-refractivity contribution in [1.82, 2.24) is 4.98 Å². The predicted molar refractivity (Wildman–Crippen MR) is 69.5 cm³/mol. The number of pyridine rings is 1. The minimum Gasteiger partial charge on any atom is -0.481 e. The molecule has 1 aromatic carbocycles. The fourth-order valence-electron chi connectivity index (χ4n) is 1.71. The van der Waals surface area contributed by atoms with Crippen molar-refractivity contribution in [2.45, 2.75) is 6.42 Å². The average molecular weight is 256 g/mol. The Morgan fingerprint density at radius 2 is 1.84 bits per heavy atom. The first kappa shape index (κ1) is 12.8. The Morgan fingerprint density at radius 3 is 2.42 bits per heavy atom. The van der Waals surface area contributed by atoms with E-state index in [1.165, 1.54) is 6.20 Å². The molecule has 0 spiro atoms. The number of hydrogen-bond acceptors (Lipinski definition) is 3. The molecule has 0 aliphatic carbocycles. The van der Waals surface area contributed by atoms with E-state index in [1.54, 1.807) is 36.4 Å². The number of nitrogens with zero attached hydrogens (tertiary/aromatic N) is 1. The number of aliphatic carboxylic acids is 1. The van der Waals surface area contributed by atoms with Gasteiger partial charge in [-0.2, -0.15) is 0 Å². The van der Waals surface area contributed by atoms with Gasteiger partial charge in [0.1, 0.15) is 0 Å². The molecule has 0 aliphatic rings. The first-order chi connectivity index (χ1) is 9.06. The summed E-state index contributed by atoms with van der Waals surface area (Å²) >= 11 is 0. The third kappa shape index (κ3) is 3.16. The average Bonchev–Trinajstić information content (AvgIpc) is 2.39. The zero-order chi connectivity index (χ0) is 13.8. The molecule has 1 amide bonds. The lowest BCUT2D eigenvalue weighted by Gasteiger charge is -2.03. The van der Waals surface area contributed by atoms with Crippen molar-refractivity contribution in [3.8, 4) is 11.3 Å². The van der Waals surface area contributed by atoms with Crippen LogP contribution in [0.1, 0.15) is 15.9 Å². The Hall–Kier alpha value is -2.69. The first-order valence-corrected chi connectivity index (χ1v) is 5.63. The Balaban J connectivity index is 2.29. The van der Waals surface area contributed by atoms with Gasteiger partial charge in [0.25, 0.3) is 0 Å². The maximum atomic E-state index is 11.1. The highest BCUT2D eigenvalue weighted by atomic mass is 16.4. The topological polar surface area (TPSA) is 93.3 Å². The number of amides is 1. The third-order valence-corrected chi connectivity index (χ3v) is 2.65. The summed E-state index contributed by atoms with van der Waals surface area (Å²) in [7, 11) is 0. The molecule has 2 rings (SSSR count). The van der Waals surface area contributed by atoms with E-state index < -0.39 is 11.9 Å². The van der Waals surface area contributed by atoms with Gasteiger partial charge in [-0.1, -0.05) is 24.3 Å². The number of benzene rings is 1. The standard InChI is InChI=1S/C14H12N2O3/c15-14(19)11-5-6-16-12(8-11)10-3-1-9(2-4-10)7-13(17)18/h1-6,8H,7H2,(H2,15,19)(H,17,18).